The highest BCUT2D eigenvalue weighted by Crippen LogP contribution is 2.13. The summed E-state index contributed by atoms with van der Waals surface area (Å²) in [4.78, 5) is 22.5. The van der Waals surface area contributed by atoms with Gasteiger partial charge in [0.25, 0.3) is 0 Å². The predicted octanol–water partition coefficient (Wildman–Crippen LogP) is 2.61. The number of esters is 1. The maximum atomic E-state index is 11.4. The van der Waals surface area contributed by atoms with E-state index in [0.717, 1.165) is 0 Å². The average Bonchev–Trinajstić information content (AvgIpc) is 2.39. The lowest BCUT2D eigenvalue weighted by Gasteiger charge is -2.06. The van der Waals surface area contributed by atoms with Gasteiger partial charge in [-0.25, -0.2) is 0 Å². The number of rotatable bonds is 7. The lowest BCUT2D eigenvalue weighted by Crippen LogP contribution is -2.09. The highest BCUT2D eigenvalue weighted by atomic mass is 16.5. The number of hydrogen-bond donors (Lipinski definition) is 0. The zero-order valence-electron chi connectivity index (χ0n) is 10.8. The molecule has 0 saturated heterocycles. The van der Waals surface area contributed by atoms with E-state index in [0.29, 0.717) is 24.3 Å². The third-order valence-corrected chi connectivity index (χ3v) is 2.38. The van der Waals surface area contributed by atoms with Crippen molar-refractivity contribution in [3.8, 4) is 5.75 Å². The molecule has 1 aromatic carbocycles. The Morgan fingerprint density at radius 2 is 1.78 bits per heavy atom. The lowest BCUT2D eigenvalue weighted by atomic mass is 10.1. The highest BCUT2D eigenvalue weighted by molar-refractivity contribution is 5.95. The van der Waals surface area contributed by atoms with Gasteiger partial charge in [-0.3, -0.25) is 9.59 Å². The molecule has 0 aromatic heterocycles. The molecule has 0 saturated carbocycles. The molecule has 98 valence electrons. The predicted molar refractivity (Wildman–Crippen MR) is 67.8 cm³/mol. The van der Waals surface area contributed by atoms with E-state index >= 15 is 0 Å². The van der Waals surface area contributed by atoms with Crippen LogP contribution in [0.4, 0.5) is 0 Å². The topological polar surface area (TPSA) is 52.6 Å². The van der Waals surface area contributed by atoms with Crippen LogP contribution in [0.25, 0.3) is 0 Å². The van der Waals surface area contributed by atoms with Crippen LogP contribution in [-0.4, -0.2) is 25.0 Å². The van der Waals surface area contributed by atoms with Gasteiger partial charge in [0.1, 0.15) is 5.75 Å². The molecule has 0 atom stereocenters. The minimum absolute atomic E-state index is 0.105. The summed E-state index contributed by atoms with van der Waals surface area (Å²) >= 11 is 0. The van der Waals surface area contributed by atoms with E-state index in [1.54, 1.807) is 31.2 Å². The Balaban J connectivity index is 2.40. The first-order valence-corrected chi connectivity index (χ1v) is 6.09. The molecule has 0 heterocycles. The Kier molecular flexibility index (Phi) is 5.91. The fourth-order valence-electron chi connectivity index (χ4n) is 1.43. The summed E-state index contributed by atoms with van der Waals surface area (Å²) in [5, 5.41) is 0. The molecule has 1 aromatic rings. The van der Waals surface area contributed by atoms with Crippen molar-refractivity contribution in [3.63, 3.8) is 0 Å². The first-order valence-electron chi connectivity index (χ1n) is 6.09. The number of hydrogen-bond acceptors (Lipinski definition) is 4. The maximum absolute atomic E-state index is 11.4. The molecule has 0 spiro atoms. The van der Waals surface area contributed by atoms with Crippen molar-refractivity contribution in [2.75, 3.05) is 13.2 Å². The van der Waals surface area contributed by atoms with Crippen LogP contribution in [0.15, 0.2) is 24.3 Å². The van der Waals surface area contributed by atoms with Gasteiger partial charge in [-0.1, -0.05) is 6.92 Å². The quantitative estimate of drug-likeness (QED) is 0.551. The van der Waals surface area contributed by atoms with Gasteiger partial charge in [-0.15, -0.1) is 0 Å². The first kappa shape index (κ1) is 14.2. The maximum Gasteiger partial charge on any atom is 0.309 e. The van der Waals surface area contributed by atoms with Crippen molar-refractivity contribution >= 4 is 11.8 Å². The van der Waals surface area contributed by atoms with Gasteiger partial charge < -0.3 is 9.47 Å². The molecule has 0 aliphatic heterocycles. The minimum atomic E-state index is -0.268. The van der Waals surface area contributed by atoms with Crippen LogP contribution in [0.1, 0.15) is 37.0 Å². The molecule has 0 aliphatic rings. The van der Waals surface area contributed by atoms with Crippen molar-refractivity contribution < 1.29 is 19.1 Å². The second-order valence-corrected chi connectivity index (χ2v) is 3.70. The smallest absolute Gasteiger partial charge is 0.309 e. The van der Waals surface area contributed by atoms with Gasteiger partial charge in [0.05, 0.1) is 19.6 Å². The van der Waals surface area contributed by atoms with E-state index in [-0.39, 0.29) is 24.8 Å². The number of carbonyl (C=O) groups excluding carboxylic acids is 2. The summed E-state index contributed by atoms with van der Waals surface area (Å²) in [6, 6.07) is 6.92. The molecule has 1 rings (SSSR count). The number of Topliss-reactive ketones (excluding diaryl/α,β-unsaturated/α-hetero) is 1. The Labute approximate surface area is 107 Å². The zero-order valence-corrected chi connectivity index (χ0v) is 10.8. The third-order valence-electron chi connectivity index (χ3n) is 2.38. The van der Waals surface area contributed by atoms with Crippen LogP contribution >= 0.6 is 0 Å². The third kappa shape index (κ3) is 4.57. The van der Waals surface area contributed by atoms with Crippen LogP contribution in [0.5, 0.6) is 5.75 Å². The van der Waals surface area contributed by atoms with Crippen LogP contribution in [0.3, 0.4) is 0 Å². The molecule has 0 fully saturated rings. The van der Waals surface area contributed by atoms with Crippen molar-refractivity contribution in [3.05, 3.63) is 29.8 Å². The second kappa shape index (κ2) is 7.48. The van der Waals surface area contributed by atoms with Gasteiger partial charge in [0.15, 0.2) is 5.78 Å². The molecular weight excluding hydrogens is 232 g/mol. The molecule has 0 radical (unpaired) electrons. The van der Waals surface area contributed by atoms with Gasteiger partial charge in [-0.05, 0) is 31.2 Å². The van der Waals surface area contributed by atoms with Crippen molar-refractivity contribution in [1.82, 2.24) is 0 Å². The van der Waals surface area contributed by atoms with Crippen LogP contribution in [-0.2, 0) is 9.53 Å². The monoisotopic (exact) mass is 250 g/mol. The summed E-state index contributed by atoms with van der Waals surface area (Å²) < 4.78 is 10.2. The fourth-order valence-corrected chi connectivity index (χ4v) is 1.43. The van der Waals surface area contributed by atoms with Crippen molar-refractivity contribution in [1.29, 1.82) is 0 Å². The Morgan fingerprint density at radius 1 is 1.11 bits per heavy atom. The van der Waals surface area contributed by atoms with E-state index in [1.807, 2.05) is 6.92 Å². The normalized spacial score (nSPS) is 9.89. The van der Waals surface area contributed by atoms with Crippen LogP contribution in [0.2, 0.25) is 0 Å². The number of carbonyl (C=O) groups is 2. The van der Waals surface area contributed by atoms with Crippen LogP contribution in [0, 0.1) is 0 Å². The standard InChI is InChI=1S/C14H18O4/c1-3-13(15)11-5-7-12(8-6-11)18-10-9-14(16)17-4-2/h5-8H,3-4,9-10H2,1-2H3. The zero-order chi connectivity index (χ0) is 13.4. The van der Waals surface area contributed by atoms with E-state index in [1.165, 1.54) is 0 Å². The molecular formula is C14H18O4. The summed E-state index contributed by atoms with van der Waals surface area (Å²) in [5.74, 6) is 0.482. The number of ketones is 1. The summed E-state index contributed by atoms with van der Waals surface area (Å²) in [6.45, 7) is 4.25. The molecule has 0 unspecified atom stereocenters. The largest absolute Gasteiger partial charge is 0.493 e. The van der Waals surface area contributed by atoms with E-state index in [4.69, 9.17) is 9.47 Å². The van der Waals surface area contributed by atoms with Gasteiger partial charge in [0.2, 0.25) is 0 Å². The molecule has 0 N–H and O–H groups in total. The second-order valence-electron chi connectivity index (χ2n) is 3.70. The van der Waals surface area contributed by atoms with Crippen molar-refractivity contribution in [2.45, 2.75) is 26.7 Å². The van der Waals surface area contributed by atoms with E-state index < -0.39 is 0 Å². The Hall–Kier alpha value is -1.84. The summed E-state index contributed by atoms with van der Waals surface area (Å²) in [7, 11) is 0. The van der Waals surface area contributed by atoms with Gasteiger partial charge in [0, 0.05) is 12.0 Å². The Bertz CT molecular complexity index is 395. The highest BCUT2D eigenvalue weighted by Gasteiger charge is 2.04. The molecule has 4 nitrogen and oxygen atoms in total. The molecule has 0 amide bonds. The summed E-state index contributed by atoms with van der Waals surface area (Å²) in [5.41, 5.74) is 0.676. The average molecular weight is 250 g/mol. The molecule has 0 bridgehead atoms. The van der Waals surface area contributed by atoms with E-state index in [2.05, 4.69) is 0 Å². The van der Waals surface area contributed by atoms with E-state index in [9.17, 15) is 9.59 Å². The van der Waals surface area contributed by atoms with Gasteiger partial charge in [-0.2, -0.15) is 0 Å². The lowest BCUT2D eigenvalue weighted by molar-refractivity contribution is -0.143. The molecule has 4 heteroatoms. The SMILES string of the molecule is CCOC(=O)CCOc1ccc(C(=O)CC)cc1. The number of ether oxygens (including phenoxy) is 2. The molecule has 18 heavy (non-hydrogen) atoms. The summed E-state index contributed by atoms with van der Waals surface area (Å²) in [6.07, 6.45) is 0.715. The fraction of sp³-hybridized carbons (Fsp3) is 0.429. The van der Waals surface area contributed by atoms with Crippen LogP contribution < -0.4 is 4.74 Å². The van der Waals surface area contributed by atoms with Crippen molar-refractivity contribution in [2.24, 2.45) is 0 Å². The Morgan fingerprint density at radius 3 is 2.33 bits per heavy atom. The first-order chi connectivity index (χ1) is 8.67. The number of benzene rings is 1. The minimum Gasteiger partial charge on any atom is -0.493 e. The molecule has 0 aliphatic carbocycles. The van der Waals surface area contributed by atoms with Gasteiger partial charge >= 0.3 is 5.97 Å².